The molecule has 5 heteroatoms. The monoisotopic (exact) mass is 347 g/mol. The van der Waals surface area contributed by atoms with Gasteiger partial charge in [-0.3, -0.25) is 4.79 Å². The van der Waals surface area contributed by atoms with Gasteiger partial charge < -0.3 is 10.4 Å². The first-order chi connectivity index (χ1) is 9.90. The van der Waals surface area contributed by atoms with Crippen LogP contribution in [-0.2, 0) is 0 Å². The Morgan fingerprint density at radius 2 is 1.81 bits per heavy atom. The standard InChI is InChI=1S/C16H14BrNO3/c1-9-6-7-11(16(20)21)8-13(9)18-15(19)12-5-3-4-10(2)14(12)17/h3-8H,1-2H3,(H,18,19)(H,20,21). The molecule has 108 valence electrons. The molecular formula is C16H14BrNO3. The number of carboxylic acids is 1. The Labute approximate surface area is 130 Å². The maximum atomic E-state index is 12.3. The number of carbonyl (C=O) groups excluding carboxylic acids is 1. The number of carboxylic acid groups (broad SMARTS) is 1. The second-order valence-electron chi connectivity index (χ2n) is 4.73. The predicted octanol–water partition coefficient (Wildman–Crippen LogP) is 4.02. The molecule has 0 aromatic heterocycles. The van der Waals surface area contributed by atoms with Gasteiger partial charge in [-0.05, 0) is 59.1 Å². The van der Waals surface area contributed by atoms with Gasteiger partial charge in [0.05, 0.1) is 11.1 Å². The summed E-state index contributed by atoms with van der Waals surface area (Å²) in [7, 11) is 0. The quantitative estimate of drug-likeness (QED) is 0.881. The van der Waals surface area contributed by atoms with Crippen molar-refractivity contribution in [1.29, 1.82) is 0 Å². The normalized spacial score (nSPS) is 10.2. The number of aromatic carboxylic acids is 1. The molecule has 1 amide bonds. The minimum atomic E-state index is -1.03. The van der Waals surface area contributed by atoms with E-state index in [1.54, 1.807) is 18.2 Å². The zero-order chi connectivity index (χ0) is 15.6. The summed E-state index contributed by atoms with van der Waals surface area (Å²) >= 11 is 3.40. The van der Waals surface area contributed by atoms with E-state index in [1.807, 2.05) is 19.9 Å². The zero-order valence-electron chi connectivity index (χ0n) is 11.6. The van der Waals surface area contributed by atoms with E-state index in [2.05, 4.69) is 21.2 Å². The van der Waals surface area contributed by atoms with Gasteiger partial charge in [-0.25, -0.2) is 4.79 Å². The molecule has 0 bridgehead atoms. The van der Waals surface area contributed by atoms with Crippen molar-refractivity contribution in [2.24, 2.45) is 0 Å². The molecule has 0 aliphatic rings. The van der Waals surface area contributed by atoms with Gasteiger partial charge in [-0.1, -0.05) is 18.2 Å². The van der Waals surface area contributed by atoms with Crippen molar-refractivity contribution in [3.8, 4) is 0 Å². The number of hydrogen-bond donors (Lipinski definition) is 2. The number of anilines is 1. The van der Waals surface area contributed by atoms with E-state index in [-0.39, 0.29) is 11.5 Å². The number of rotatable bonds is 3. The second kappa shape index (κ2) is 6.10. The highest BCUT2D eigenvalue weighted by molar-refractivity contribution is 9.10. The highest BCUT2D eigenvalue weighted by Gasteiger charge is 2.13. The van der Waals surface area contributed by atoms with Crippen LogP contribution in [0, 0.1) is 13.8 Å². The molecule has 0 aliphatic carbocycles. The fraction of sp³-hybridized carbons (Fsp3) is 0.125. The number of hydrogen-bond acceptors (Lipinski definition) is 2. The maximum Gasteiger partial charge on any atom is 0.335 e. The van der Waals surface area contributed by atoms with Crippen LogP contribution < -0.4 is 5.32 Å². The third-order valence-corrected chi connectivity index (χ3v) is 4.22. The lowest BCUT2D eigenvalue weighted by atomic mass is 10.1. The second-order valence-corrected chi connectivity index (χ2v) is 5.52. The van der Waals surface area contributed by atoms with Crippen molar-refractivity contribution in [3.05, 3.63) is 63.1 Å². The summed E-state index contributed by atoms with van der Waals surface area (Å²) in [5.41, 5.74) is 2.90. The molecule has 0 unspecified atom stereocenters. The first kappa shape index (κ1) is 15.3. The van der Waals surface area contributed by atoms with Gasteiger partial charge in [0.1, 0.15) is 0 Å². The smallest absolute Gasteiger partial charge is 0.335 e. The van der Waals surface area contributed by atoms with Crippen molar-refractivity contribution in [2.45, 2.75) is 13.8 Å². The van der Waals surface area contributed by atoms with E-state index in [0.717, 1.165) is 15.6 Å². The number of nitrogens with one attached hydrogen (secondary N) is 1. The minimum Gasteiger partial charge on any atom is -0.478 e. The third-order valence-electron chi connectivity index (χ3n) is 3.17. The lowest BCUT2D eigenvalue weighted by molar-refractivity contribution is 0.0696. The molecule has 21 heavy (non-hydrogen) atoms. The molecule has 0 spiro atoms. The van der Waals surface area contributed by atoms with Crippen molar-refractivity contribution < 1.29 is 14.7 Å². The Morgan fingerprint density at radius 1 is 1.10 bits per heavy atom. The molecule has 0 aliphatic heterocycles. The van der Waals surface area contributed by atoms with E-state index in [1.165, 1.54) is 12.1 Å². The number of carbonyl (C=O) groups is 2. The Bertz CT molecular complexity index is 725. The third kappa shape index (κ3) is 3.31. The summed E-state index contributed by atoms with van der Waals surface area (Å²) in [6.07, 6.45) is 0. The predicted molar refractivity (Wildman–Crippen MR) is 85.0 cm³/mol. The molecule has 0 radical (unpaired) electrons. The van der Waals surface area contributed by atoms with Gasteiger partial charge in [0.2, 0.25) is 0 Å². The Hall–Kier alpha value is -2.14. The van der Waals surface area contributed by atoms with Crippen molar-refractivity contribution in [3.63, 3.8) is 0 Å². The topological polar surface area (TPSA) is 66.4 Å². The molecule has 0 saturated carbocycles. The van der Waals surface area contributed by atoms with Crippen LogP contribution in [0.15, 0.2) is 40.9 Å². The summed E-state index contributed by atoms with van der Waals surface area (Å²) in [5.74, 6) is -1.31. The molecule has 0 atom stereocenters. The van der Waals surface area contributed by atoms with Gasteiger partial charge in [-0.15, -0.1) is 0 Å². The molecule has 0 saturated heterocycles. The lowest BCUT2D eigenvalue weighted by Crippen LogP contribution is -2.14. The first-order valence-corrected chi connectivity index (χ1v) is 7.10. The van der Waals surface area contributed by atoms with E-state index in [0.29, 0.717) is 11.3 Å². The molecule has 2 rings (SSSR count). The van der Waals surface area contributed by atoms with Crippen LogP contribution in [0.3, 0.4) is 0 Å². The Balaban J connectivity index is 2.33. The highest BCUT2D eigenvalue weighted by Crippen LogP contribution is 2.23. The molecule has 2 N–H and O–H groups in total. The van der Waals surface area contributed by atoms with Crippen LogP contribution in [-0.4, -0.2) is 17.0 Å². The van der Waals surface area contributed by atoms with Gasteiger partial charge in [0.15, 0.2) is 0 Å². The SMILES string of the molecule is Cc1ccc(C(=O)O)cc1NC(=O)c1cccc(C)c1Br. The van der Waals surface area contributed by atoms with Crippen molar-refractivity contribution in [1.82, 2.24) is 0 Å². The maximum absolute atomic E-state index is 12.3. The molecule has 2 aromatic rings. The van der Waals surface area contributed by atoms with Crippen LogP contribution in [0.5, 0.6) is 0 Å². The van der Waals surface area contributed by atoms with Gasteiger partial charge in [0.25, 0.3) is 5.91 Å². The Morgan fingerprint density at radius 3 is 2.48 bits per heavy atom. The minimum absolute atomic E-state index is 0.138. The lowest BCUT2D eigenvalue weighted by Gasteiger charge is -2.11. The molecule has 0 heterocycles. The summed E-state index contributed by atoms with van der Waals surface area (Å²) in [4.78, 5) is 23.3. The molecule has 0 fully saturated rings. The van der Waals surface area contributed by atoms with E-state index >= 15 is 0 Å². The number of aryl methyl sites for hydroxylation is 2. The van der Waals surface area contributed by atoms with Crippen LogP contribution in [0.2, 0.25) is 0 Å². The number of benzene rings is 2. The highest BCUT2D eigenvalue weighted by atomic mass is 79.9. The average Bonchev–Trinajstić information content (AvgIpc) is 2.43. The van der Waals surface area contributed by atoms with Crippen LogP contribution in [0.1, 0.15) is 31.8 Å². The van der Waals surface area contributed by atoms with Crippen LogP contribution >= 0.6 is 15.9 Å². The van der Waals surface area contributed by atoms with Crippen LogP contribution in [0.4, 0.5) is 5.69 Å². The van der Waals surface area contributed by atoms with Gasteiger partial charge in [0, 0.05) is 10.2 Å². The summed E-state index contributed by atoms with van der Waals surface area (Å²) in [6.45, 7) is 3.71. The molecule has 2 aromatic carbocycles. The number of halogens is 1. The fourth-order valence-corrected chi connectivity index (χ4v) is 2.35. The van der Waals surface area contributed by atoms with Crippen molar-refractivity contribution >= 4 is 33.5 Å². The fourth-order valence-electron chi connectivity index (χ4n) is 1.90. The number of amides is 1. The molecular weight excluding hydrogens is 334 g/mol. The van der Waals surface area contributed by atoms with E-state index in [4.69, 9.17) is 5.11 Å². The van der Waals surface area contributed by atoms with E-state index < -0.39 is 5.97 Å². The van der Waals surface area contributed by atoms with Crippen LogP contribution in [0.25, 0.3) is 0 Å². The van der Waals surface area contributed by atoms with E-state index in [9.17, 15) is 9.59 Å². The largest absolute Gasteiger partial charge is 0.478 e. The first-order valence-electron chi connectivity index (χ1n) is 6.30. The zero-order valence-corrected chi connectivity index (χ0v) is 13.2. The van der Waals surface area contributed by atoms with Crippen molar-refractivity contribution in [2.75, 3.05) is 5.32 Å². The summed E-state index contributed by atoms with van der Waals surface area (Å²) in [6, 6.07) is 10.1. The Kier molecular flexibility index (Phi) is 4.43. The van der Waals surface area contributed by atoms with Gasteiger partial charge >= 0.3 is 5.97 Å². The summed E-state index contributed by atoms with van der Waals surface area (Å²) < 4.78 is 0.731. The van der Waals surface area contributed by atoms with Gasteiger partial charge in [-0.2, -0.15) is 0 Å². The molecule has 4 nitrogen and oxygen atoms in total. The average molecular weight is 348 g/mol. The summed E-state index contributed by atoms with van der Waals surface area (Å²) in [5, 5.41) is 11.8.